The first-order valence-corrected chi connectivity index (χ1v) is 13.7. The molecular weight excluding hydrogens is 460 g/mol. The summed E-state index contributed by atoms with van der Waals surface area (Å²) in [5, 5.41) is 23.4. The van der Waals surface area contributed by atoms with Crippen LogP contribution in [0.4, 0.5) is 0 Å². The SMILES string of the molecule is CC1=C[C@@H]([C@@H](O)[C@@H](C)[C@@H]2CC=C3[C@@H]4CC[C@H]5C(C)(C)O[C@@H]6CC(=O)O[C@@]65C[C@@]4(O)CC[C@@]32C)OC1=O. The van der Waals surface area contributed by atoms with Crippen molar-refractivity contribution in [3.05, 3.63) is 23.3 Å². The Kier molecular flexibility index (Phi) is 5.25. The van der Waals surface area contributed by atoms with Crippen molar-refractivity contribution in [2.75, 3.05) is 0 Å². The van der Waals surface area contributed by atoms with E-state index in [9.17, 15) is 19.8 Å². The predicted molar refractivity (Wildman–Crippen MR) is 131 cm³/mol. The fraction of sp³-hybridized carbons (Fsp3) is 0.793. The van der Waals surface area contributed by atoms with Crippen LogP contribution in [0.1, 0.15) is 79.6 Å². The van der Waals surface area contributed by atoms with Crippen LogP contribution in [0.25, 0.3) is 0 Å². The molecule has 3 aliphatic carbocycles. The minimum Gasteiger partial charge on any atom is -0.456 e. The van der Waals surface area contributed by atoms with Crippen LogP contribution in [-0.4, -0.2) is 57.3 Å². The lowest BCUT2D eigenvalue weighted by molar-refractivity contribution is -0.163. The van der Waals surface area contributed by atoms with Crippen LogP contribution in [0.3, 0.4) is 0 Å². The summed E-state index contributed by atoms with van der Waals surface area (Å²) < 4.78 is 17.9. The average Bonchev–Trinajstić information content (AvgIpc) is 3.42. The Morgan fingerprint density at radius 3 is 2.58 bits per heavy atom. The van der Waals surface area contributed by atoms with E-state index in [4.69, 9.17) is 14.2 Å². The third-order valence-electron chi connectivity index (χ3n) is 11.1. The summed E-state index contributed by atoms with van der Waals surface area (Å²) in [5.41, 5.74) is -0.416. The van der Waals surface area contributed by atoms with Gasteiger partial charge in [-0.05, 0) is 76.2 Å². The fourth-order valence-electron chi connectivity index (χ4n) is 9.27. The summed E-state index contributed by atoms with van der Waals surface area (Å²) in [6.07, 6.45) is 6.98. The van der Waals surface area contributed by atoms with Crippen molar-refractivity contribution >= 4 is 11.9 Å². The molecular formula is C29H40O7. The number of hydrogen-bond acceptors (Lipinski definition) is 7. The van der Waals surface area contributed by atoms with Gasteiger partial charge in [0.15, 0.2) is 0 Å². The summed E-state index contributed by atoms with van der Waals surface area (Å²) in [5.74, 6) is -0.417. The maximum atomic E-state index is 12.4. The van der Waals surface area contributed by atoms with Crippen LogP contribution in [0.15, 0.2) is 23.3 Å². The quantitative estimate of drug-likeness (QED) is 0.451. The average molecular weight is 501 g/mol. The van der Waals surface area contributed by atoms with E-state index in [1.165, 1.54) is 5.57 Å². The molecule has 2 N–H and O–H groups in total. The van der Waals surface area contributed by atoms with Crippen molar-refractivity contribution in [2.45, 2.75) is 115 Å². The minimum absolute atomic E-state index is 0.00670. The van der Waals surface area contributed by atoms with Crippen molar-refractivity contribution in [3.63, 3.8) is 0 Å². The first kappa shape index (κ1) is 24.6. The monoisotopic (exact) mass is 500 g/mol. The van der Waals surface area contributed by atoms with Gasteiger partial charge in [-0.2, -0.15) is 0 Å². The molecule has 1 spiro atoms. The maximum absolute atomic E-state index is 12.4. The Bertz CT molecular complexity index is 1060. The van der Waals surface area contributed by atoms with Crippen molar-refractivity contribution in [1.29, 1.82) is 0 Å². The third kappa shape index (κ3) is 3.21. The number of carbonyl (C=O) groups is 2. The molecule has 0 amide bonds. The molecule has 0 aromatic heterocycles. The van der Waals surface area contributed by atoms with Gasteiger partial charge in [-0.1, -0.05) is 25.5 Å². The van der Waals surface area contributed by atoms with Gasteiger partial charge in [0, 0.05) is 23.8 Å². The zero-order valence-electron chi connectivity index (χ0n) is 22.1. The second-order valence-electron chi connectivity index (χ2n) is 13.3. The number of cyclic esters (lactones) is 1. The van der Waals surface area contributed by atoms with E-state index >= 15 is 0 Å². The molecule has 0 radical (unpaired) electrons. The molecule has 198 valence electrons. The minimum atomic E-state index is -0.954. The lowest BCUT2D eigenvalue weighted by atomic mass is 9.55. The Balaban J connectivity index is 1.28. The zero-order chi connectivity index (χ0) is 25.8. The van der Waals surface area contributed by atoms with Gasteiger partial charge < -0.3 is 24.4 Å². The number of ether oxygens (including phenoxy) is 3. The number of carbonyl (C=O) groups excluding carboxylic acids is 2. The van der Waals surface area contributed by atoms with Crippen LogP contribution >= 0.6 is 0 Å². The van der Waals surface area contributed by atoms with Crippen molar-refractivity contribution in [1.82, 2.24) is 0 Å². The molecule has 6 rings (SSSR count). The van der Waals surface area contributed by atoms with Crippen molar-refractivity contribution < 1.29 is 34.0 Å². The molecule has 3 heterocycles. The largest absolute Gasteiger partial charge is 0.456 e. The van der Waals surface area contributed by atoms with Gasteiger partial charge in [0.1, 0.15) is 17.8 Å². The van der Waals surface area contributed by atoms with Gasteiger partial charge in [0.05, 0.1) is 23.7 Å². The molecule has 7 nitrogen and oxygen atoms in total. The van der Waals surface area contributed by atoms with Gasteiger partial charge >= 0.3 is 11.9 Å². The molecule has 6 aliphatic rings. The number of aliphatic hydroxyl groups excluding tert-OH is 1. The molecule has 4 fully saturated rings. The number of allylic oxidation sites excluding steroid dienone is 1. The van der Waals surface area contributed by atoms with E-state index in [1.54, 1.807) is 13.0 Å². The number of aliphatic hydroxyl groups is 2. The fourth-order valence-corrected chi connectivity index (χ4v) is 9.27. The molecule has 36 heavy (non-hydrogen) atoms. The number of hydrogen-bond donors (Lipinski definition) is 2. The van der Waals surface area contributed by atoms with Crippen LogP contribution in [-0.2, 0) is 23.8 Å². The molecule has 0 bridgehead atoms. The van der Waals surface area contributed by atoms with E-state index in [-0.39, 0.29) is 53.6 Å². The molecule has 3 aliphatic heterocycles. The van der Waals surface area contributed by atoms with Gasteiger partial charge in [-0.25, -0.2) is 4.79 Å². The first-order valence-electron chi connectivity index (χ1n) is 13.7. The third-order valence-corrected chi connectivity index (χ3v) is 11.1. The maximum Gasteiger partial charge on any atom is 0.334 e. The molecule has 2 saturated heterocycles. The van der Waals surface area contributed by atoms with E-state index < -0.39 is 29.0 Å². The zero-order valence-corrected chi connectivity index (χ0v) is 22.1. The van der Waals surface area contributed by atoms with E-state index in [0.717, 1.165) is 25.7 Å². The highest BCUT2D eigenvalue weighted by molar-refractivity contribution is 5.90. The Hall–Kier alpha value is -1.70. The topological polar surface area (TPSA) is 102 Å². The summed E-state index contributed by atoms with van der Waals surface area (Å²) in [6.45, 7) is 10.3. The first-order chi connectivity index (χ1) is 16.8. The smallest absolute Gasteiger partial charge is 0.334 e. The lowest BCUT2D eigenvalue weighted by Gasteiger charge is -2.52. The van der Waals surface area contributed by atoms with E-state index in [2.05, 4.69) is 33.8 Å². The van der Waals surface area contributed by atoms with Gasteiger partial charge in [-0.3, -0.25) is 4.79 Å². The second-order valence-corrected chi connectivity index (χ2v) is 13.3. The Morgan fingerprint density at radius 2 is 1.89 bits per heavy atom. The van der Waals surface area contributed by atoms with Crippen LogP contribution in [0, 0.1) is 29.1 Å². The molecule has 2 saturated carbocycles. The summed E-state index contributed by atoms with van der Waals surface area (Å²) in [4.78, 5) is 24.3. The summed E-state index contributed by atoms with van der Waals surface area (Å²) >= 11 is 0. The predicted octanol–water partition coefficient (Wildman–Crippen LogP) is 3.61. The Morgan fingerprint density at radius 1 is 1.14 bits per heavy atom. The summed E-state index contributed by atoms with van der Waals surface area (Å²) in [6, 6.07) is 0. The van der Waals surface area contributed by atoms with E-state index in [1.807, 2.05) is 0 Å². The summed E-state index contributed by atoms with van der Waals surface area (Å²) in [7, 11) is 0. The molecule has 0 aromatic carbocycles. The van der Waals surface area contributed by atoms with Crippen molar-refractivity contribution in [2.24, 2.45) is 29.1 Å². The van der Waals surface area contributed by atoms with E-state index in [0.29, 0.717) is 18.4 Å². The van der Waals surface area contributed by atoms with Gasteiger partial charge in [0.2, 0.25) is 0 Å². The Labute approximate surface area is 213 Å². The standard InChI is InChI=1S/C29H40O7/c1-15-12-20(34-25(15)32)24(31)16(2)17-6-7-18-19-8-9-21-26(3,4)35-22-13-23(30)36-29(21,22)14-28(19,33)11-10-27(17,18)5/h7,12,16-17,19-22,24,31,33H,6,8-11,13-14H2,1-5H3/t16-,17-,19-,20-,21-,22+,24-,27+,28-,29+/m0/s1. The van der Waals surface area contributed by atoms with Gasteiger partial charge in [-0.15, -0.1) is 0 Å². The molecule has 0 aromatic rings. The highest BCUT2D eigenvalue weighted by Gasteiger charge is 2.70. The molecule has 7 heteroatoms. The highest BCUT2D eigenvalue weighted by atomic mass is 16.6. The number of rotatable bonds is 3. The van der Waals surface area contributed by atoms with Crippen molar-refractivity contribution in [3.8, 4) is 0 Å². The molecule has 10 atom stereocenters. The number of esters is 2. The number of fused-ring (bicyclic) bond motifs is 3. The normalized spacial score (nSPS) is 48.5. The lowest BCUT2D eigenvalue weighted by Crippen LogP contribution is -2.54. The van der Waals surface area contributed by atoms with Crippen LogP contribution in [0.5, 0.6) is 0 Å². The molecule has 0 unspecified atom stereocenters. The van der Waals surface area contributed by atoms with Crippen LogP contribution < -0.4 is 0 Å². The highest BCUT2D eigenvalue weighted by Crippen LogP contribution is 2.66. The van der Waals surface area contributed by atoms with Gasteiger partial charge in [0.25, 0.3) is 0 Å². The second kappa shape index (κ2) is 7.67. The van der Waals surface area contributed by atoms with Crippen LogP contribution in [0.2, 0.25) is 0 Å².